The summed E-state index contributed by atoms with van der Waals surface area (Å²) in [6.45, 7) is 9.25. The zero-order valence-corrected chi connectivity index (χ0v) is 20.7. The van der Waals surface area contributed by atoms with Gasteiger partial charge in [-0.2, -0.15) is 13.2 Å². The Morgan fingerprint density at radius 2 is 1.54 bits per heavy atom. The standard InChI is InChI=1S/C23H17ClF3NO2.C3H6.C2H6/c24-17-4-8-19(9-5-17)30-20-10-6-18(7-11-20)28-21(12-13-22(28)29)15-2-1-3-16(14-15)23(25,26)27;1-3-2;1-2/h1-11,14,21H,12-13H2;3H,1H2,2H3;1-2H3. The first-order valence-electron chi connectivity index (χ1n) is 11.3. The number of amides is 1. The average Bonchev–Trinajstić information content (AvgIpc) is 3.24. The minimum absolute atomic E-state index is 0.121. The van der Waals surface area contributed by atoms with Gasteiger partial charge in [-0.05, 0) is 79.6 Å². The molecule has 4 rings (SSSR count). The number of benzene rings is 3. The van der Waals surface area contributed by atoms with Crippen LogP contribution in [0.4, 0.5) is 18.9 Å². The molecule has 1 heterocycles. The van der Waals surface area contributed by atoms with E-state index in [0.29, 0.717) is 34.2 Å². The molecule has 0 aromatic heterocycles. The molecule has 1 amide bonds. The Kier molecular flexibility index (Phi) is 10.4. The fraction of sp³-hybridized carbons (Fsp3) is 0.250. The predicted octanol–water partition coefficient (Wildman–Crippen LogP) is 9.24. The lowest BCUT2D eigenvalue weighted by Crippen LogP contribution is -2.27. The molecule has 1 saturated heterocycles. The lowest BCUT2D eigenvalue weighted by molar-refractivity contribution is -0.137. The number of alkyl halides is 3. The van der Waals surface area contributed by atoms with E-state index in [-0.39, 0.29) is 12.3 Å². The van der Waals surface area contributed by atoms with Crippen LogP contribution < -0.4 is 9.64 Å². The predicted molar refractivity (Wildman–Crippen MR) is 136 cm³/mol. The fourth-order valence-corrected chi connectivity index (χ4v) is 3.68. The molecule has 1 fully saturated rings. The number of halogens is 4. The molecule has 1 aliphatic rings. The van der Waals surface area contributed by atoms with Crippen molar-refractivity contribution in [1.29, 1.82) is 0 Å². The number of anilines is 1. The van der Waals surface area contributed by atoms with Gasteiger partial charge in [0.2, 0.25) is 5.91 Å². The molecule has 0 spiro atoms. The van der Waals surface area contributed by atoms with Crippen molar-refractivity contribution in [3.8, 4) is 11.5 Å². The second-order valence-electron chi connectivity index (χ2n) is 7.40. The summed E-state index contributed by atoms with van der Waals surface area (Å²) in [5.74, 6) is 1.07. The van der Waals surface area contributed by atoms with Crippen molar-refractivity contribution in [2.45, 2.75) is 45.8 Å². The highest BCUT2D eigenvalue weighted by Crippen LogP contribution is 2.39. The van der Waals surface area contributed by atoms with Crippen molar-refractivity contribution < 1.29 is 22.7 Å². The van der Waals surface area contributed by atoms with Crippen molar-refractivity contribution >= 4 is 23.2 Å². The van der Waals surface area contributed by atoms with E-state index in [1.165, 1.54) is 6.07 Å². The molecule has 3 aromatic carbocycles. The quantitative estimate of drug-likeness (QED) is 0.332. The number of carbonyl (C=O) groups excluding carboxylic acids is 1. The normalized spacial score (nSPS) is 14.9. The number of ether oxygens (including phenoxy) is 1. The summed E-state index contributed by atoms with van der Waals surface area (Å²) in [5, 5.41) is 0.603. The maximum atomic E-state index is 13.1. The number of nitrogens with zero attached hydrogens (tertiary/aromatic N) is 1. The first kappa shape index (κ1) is 28.0. The first-order chi connectivity index (χ1) is 16.7. The molecule has 0 N–H and O–H groups in total. The Bertz CT molecular complexity index is 1100. The van der Waals surface area contributed by atoms with Crippen LogP contribution in [0.25, 0.3) is 0 Å². The third-order valence-corrected chi connectivity index (χ3v) is 5.23. The van der Waals surface area contributed by atoms with E-state index in [9.17, 15) is 18.0 Å². The molecule has 1 atom stereocenters. The molecule has 0 aliphatic carbocycles. The summed E-state index contributed by atoms with van der Waals surface area (Å²) in [5.41, 5.74) is 0.367. The van der Waals surface area contributed by atoms with Gasteiger partial charge in [0.15, 0.2) is 0 Å². The van der Waals surface area contributed by atoms with Crippen molar-refractivity contribution in [1.82, 2.24) is 0 Å². The van der Waals surface area contributed by atoms with Crippen molar-refractivity contribution in [2.24, 2.45) is 0 Å². The number of hydrogen-bond acceptors (Lipinski definition) is 2. The van der Waals surface area contributed by atoms with E-state index in [1.807, 2.05) is 20.8 Å². The number of rotatable bonds is 4. The van der Waals surface area contributed by atoms with Crippen LogP contribution in [-0.4, -0.2) is 5.91 Å². The molecule has 7 heteroatoms. The topological polar surface area (TPSA) is 29.5 Å². The van der Waals surface area contributed by atoms with E-state index in [2.05, 4.69) is 6.58 Å². The highest BCUT2D eigenvalue weighted by atomic mass is 35.5. The van der Waals surface area contributed by atoms with Crippen LogP contribution in [0.2, 0.25) is 5.02 Å². The van der Waals surface area contributed by atoms with Gasteiger partial charge >= 0.3 is 6.18 Å². The minimum Gasteiger partial charge on any atom is -0.457 e. The van der Waals surface area contributed by atoms with Crippen LogP contribution >= 0.6 is 11.6 Å². The minimum atomic E-state index is -4.43. The van der Waals surface area contributed by atoms with Crippen molar-refractivity contribution in [2.75, 3.05) is 4.90 Å². The first-order valence-corrected chi connectivity index (χ1v) is 11.7. The maximum absolute atomic E-state index is 13.1. The molecule has 186 valence electrons. The number of hydrogen-bond donors (Lipinski definition) is 0. The Balaban J connectivity index is 0.000000803. The number of allylic oxidation sites excluding steroid dienone is 1. The summed E-state index contributed by atoms with van der Waals surface area (Å²) < 4.78 is 45.0. The van der Waals surface area contributed by atoms with Gasteiger partial charge in [0.1, 0.15) is 11.5 Å². The van der Waals surface area contributed by atoms with Gasteiger partial charge in [-0.25, -0.2) is 0 Å². The van der Waals surface area contributed by atoms with Crippen LogP contribution in [0, 0.1) is 0 Å². The summed E-state index contributed by atoms with van der Waals surface area (Å²) in [7, 11) is 0. The van der Waals surface area contributed by atoms with Crippen LogP contribution in [0.5, 0.6) is 11.5 Å². The van der Waals surface area contributed by atoms with Gasteiger partial charge in [0.25, 0.3) is 0 Å². The van der Waals surface area contributed by atoms with Crippen LogP contribution in [0.3, 0.4) is 0 Å². The number of carbonyl (C=O) groups is 1. The smallest absolute Gasteiger partial charge is 0.416 e. The summed E-state index contributed by atoms with van der Waals surface area (Å²) in [4.78, 5) is 14.1. The molecule has 0 bridgehead atoms. The second-order valence-corrected chi connectivity index (χ2v) is 7.84. The second kappa shape index (κ2) is 13.0. The molecule has 0 radical (unpaired) electrons. The monoisotopic (exact) mass is 503 g/mol. The van der Waals surface area contributed by atoms with Crippen LogP contribution in [-0.2, 0) is 11.0 Å². The lowest BCUT2D eigenvalue weighted by Gasteiger charge is -2.26. The van der Waals surface area contributed by atoms with Gasteiger partial charge in [-0.3, -0.25) is 4.79 Å². The Labute approximate surface area is 209 Å². The molecule has 1 aliphatic heterocycles. The molecule has 3 nitrogen and oxygen atoms in total. The Morgan fingerprint density at radius 3 is 2.09 bits per heavy atom. The third-order valence-electron chi connectivity index (χ3n) is 4.97. The zero-order chi connectivity index (χ0) is 26.0. The summed E-state index contributed by atoms with van der Waals surface area (Å²) >= 11 is 5.87. The van der Waals surface area contributed by atoms with Gasteiger partial charge < -0.3 is 9.64 Å². The van der Waals surface area contributed by atoms with E-state index in [4.69, 9.17) is 16.3 Å². The molecule has 1 unspecified atom stereocenters. The van der Waals surface area contributed by atoms with E-state index in [1.54, 1.807) is 65.6 Å². The Morgan fingerprint density at radius 1 is 1.00 bits per heavy atom. The SMILES string of the molecule is C=CC.CC.O=C1CCC(c2cccc(C(F)(F)F)c2)N1c1ccc(Oc2ccc(Cl)cc2)cc1. The average molecular weight is 504 g/mol. The van der Waals surface area contributed by atoms with Crippen LogP contribution in [0.1, 0.15) is 50.8 Å². The molecule has 35 heavy (non-hydrogen) atoms. The van der Waals surface area contributed by atoms with E-state index in [0.717, 1.165) is 12.1 Å². The van der Waals surface area contributed by atoms with Crippen molar-refractivity contribution in [3.63, 3.8) is 0 Å². The van der Waals surface area contributed by atoms with Gasteiger partial charge in [0, 0.05) is 17.1 Å². The third kappa shape index (κ3) is 7.62. The van der Waals surface area contributed by atoms with Gasteiger partial charge in [-0.1, -0.05) is 43.7 Å². The Hall–Kier alpha value is -3.25. The summed E-state index contributed by atoms with van der Waals surface area (Å²) in [6, 6.07) is 18.5. The highest BCUT2D eigenvalue weighted by Gasteiger charge is 2.36. The molecule has 0 saturated carbocycles. The zero-order valence-electron chi connectivity index (χ0n) is 20.0. The summed E-state index contributed by atoms with van der Waals surface area (Å²) in [6.07, 6.45) is -1.93. The lowest BCUT2D eigenvalue weighted by atomic mass is 10.0. The molecular weight excluding hydrogens is 475 g/mol. The van der Waals surface area contributed by atoms with E-state index >= 15 is 0 Å². The van der Waals surface area contributed by atoms with Crippen LogP contribution in [0.15, 0.2) is 85.5 Å². The van der Waals surface area contributed by atoms with Gasteiger partial charge in [-0.15, -0.1) is 6.58 Å². The van der Waals surface area contributed by atoms with Gasteiger partial charge in [0.05, 0.1) is 11.6 Å². The fourth-order valence-electron chi connectivity index (χ4n) is 3.56. The largest absolute Gasteiger partial charge is 0.457 e. The highest BCUT2D eigenvalue weighted by molar-refractivity contribution is 6.30. The van der Waals surface area contributed by atoms with E-state index < -0.39 is 17.8 Å². The maximum Gasteiger partial charge on any atom is 0.416 e. The van der Waals surface area contributed by atoms with Crippen molar-refractivity contribution in [3.05, 3.63) is 102 Å². The molecule has 3 aromatic rings. The molecular formula is C28H29ClF3NO2.